The van der Waals surface area contributed by atoms with Crippen LogP contribution in [0.5, 0.6) is 0 Å². The molecule has 0 saturated heterocycles. The molecule has 185 valence electrons. The zero-order valence-electron chi connectivity index (χ0n) is 18.9. The Hall–Kier alpha value is 0.0539. The number of carbonyl (C=O) groups is 4. The number of ketones is 1. The molecule has 0 aromatic carbocycles. The van der Waals surface area contributed by atoms with Crippen molar-refractivity contribution in [3.05, 3.63) is 0 Å². The Morgan fingerprint density at radius 3 is 1.73 bits per heavy atom. The SMILES string of the molecule is C.COCCCCOC(=O)C(CC(=O)OCCCCOC(=O)CCC(C)=O)S(=O)(=O)O.[Na+].[Y]. The second-order valence-electron chi connectivity index (χ2n) is 6.43. The molecule has 0 rings (SSSR count). The van der Waals surface area contributed by atoms with Gasteiger partial charge >= 0.3 is 47.5 Å². The fourth-order valence-corrected chi connectivity index (χ4v) is 2.72. The van der Waals surface area contributed by atoms with Gasteiger partial charge in [-0.2, -0.15) is 8.42 Å². The predicted octanol–water partition coefficient (Wildman–Crippen LogP) is -1.52. The Kier molecular flexibility index (Phi) is 29.0. The molecule has 0 aliphatic rings. The number of ether oxygens (including phenoxy) is 4. The summed E-state index contributed by atoms with van der Waals surface area (Å²) < 4.78 is 51.3. The van der Waals surface area contributed by atoms with Gasteiger partial charge in [-0.15, -0.1) is 0 Å². The van der Waals surface area contributed by atoms with E-state index < -0.39 is 39.7 Å². The Morgan fingerprint density at radius 1 is 0.818 bits per heavy atom. The van der Waals surface area contributed by atoms with Crippen LogP contribution in [0, 0.1) is 0 Å². The Bertz CT molecular complexity index is 671. The van der Waals surface area contributed by atoms with Gasteiger partial charge in [0.15, 0.2) is 5.25 Å². The van der Waals surface area contributed by atoms with E-state index in [9.17, 15) is 32.1 Å². The van der Waals surface area contributed by atoms with E-state index in [1.807, 2.05) is 0 Å². The molecule has 33 heavy (non-hydrogen) atoms. The summed E-state index contributed by atoms with van der Waals surface area (Å²) in [7, 11) is -3.34. The van der Waals surface area contributed by atoms with Crippen LogP contribution < -0.4 is 29.6 Å². The summed E-state index contributed by atoms with van der Waals surface area (Å²) in [5.41, 5.74) is 0. The number of methoxy groups -OCH3 is 1. The third kappa shape index (κ3) is 23.6. The molecule has 14 heteroatoms. The van der Waals surface area contributed by atoms with E-state index in [0.717, 1.165) is 0 Å². The van der Waals surface area contributed by atoms with E-state index in [1.165, 1.54) is 14.0 Å². The first kappa shape index (κ1) is 40.2. The van der Waals surface area contributed by atoms with Crippen molar-refractivity contribution in [1.82, 2.24) is 0 Å². The number of hydrogen-bond donors (Lipinski definition) is 1. The van der Waals surface area contributed by atoms with Gasteiger partial charge in [0.2, 0.25) is 0 Å². The van der Waals surface area contributed by atoms with Crippen molar-refractivity contribution in [3.8, 4) is 0 Å². The number of carbonyl (C=O) groups excluding carboxylic acids is 4. The van der Waals surface area contributed by atoms with E-state index in [2.05, 4.69) is 0 Å². The Labute approximate surface area is 243 Å². The molecule has 0 aliphatic carbocycles. The monoisotopic (exact) mass is 582 g/mol. The number of Topliss-reactive ketones (excluding diaryl/α,β-unsaturated/α-hetero) is 1. The quantitative estimate of drug-likeness (QED) is 0.0698. The summed E-state index contributed by atoms with van der Waals surface area (Å²) in [5.74, 6) is -2.84. The molecular formula is C19H34NaO11SY+. The first-order valence-electron chi connectivity index (χ1n) is 9.50. The van der Waals surface area contributed by atoms with Crippen LogP contribution in [-0.4, -0.2) is 75.4 Å². The largest absolute Gasteiger partial charge is 1.00 e. The predicted molar refractivity (Wildman–Crippen MR) is 110 cm³/mol. The van der Waals surface area contributed by atoms with Gasteiger partial charge in [0, 0.05) is 52.8 Å². The summed E-state index contributed by atoms with van der Waals surface area (Å²) in [6, 6.07) is 0. The smallest absolute Gasteiger partial charge is 0.466 e. The molecule has 0 saturated carbocycles. The van der Waals surface area contributed by atoms with E-state index >= 15 is 0 Å². The van der Waals surface area contributed by atoms with Crippen molar-refractivity contribution >= 4 is 33.8 Å². The van der Waals surface area contributed by atoms with Crippen LogP contribution in [0.4, 0.5) is 0 Å². The Balaban J connectivity index is -0.00000140. The van der Waals surface area contributed by atoms with Crippen LogP contribution >= 0.6 is 0 Å². The molecule has 0 amide bonds. The van der Waals surface area contributed by atoms with Gasteiger partial charge in [0.05, 0.1) is 32.7 Å². The van der Waals surface area contributed by atoms with Crippen LogP contribution in [0.25, 0.3) is 0 Å². The second-order valence-corrected chi connectivity index (χ2v) is 8.02. The van der Waals surface area contributed by atoms with Crippen molar-refractivity contribution in [2.45, 2.75) is 64.5 Å². The molecule has 1 unspecified atom stereocenters. The average Bonchev–Trinajstić information content (AvgIpc) is 2.65. The fourth-order valence-electron chi connectivity index (χ4n) is 2.06. The van der Waals surface area contributed by atoms with Gasteiger partial charge in [-0.05, 0) is 32.6 Å². The van der Waals surface area contributed by atoms with E-state index in [0.29, 0.717) is 32.3 Å². The third-order valence-corrected chi connectivity index (χ3v) is 4.79. The minimum absolute atomic E-state index is 0. The number of rotatable bonds is 17. The zero-order chi connectivity index (χ0) is 23.0. The van der Waals surface area contributed by atoms with Gasteiger partial charge < -0.3 is 23.7 Å². The number of hydrogen-bond acceptors (Lipinski definition) is 10. The van der Waals surface area contributed by atoms with Crippen LogP contribution in [0.1, 0.15) is 59.3 Å². The summed E-state index contributed by atoms with van der Waals surface area (Å²) in [6.07, 6.45) is 0.965. The van der Waals surface area contributed by atoms with E-state index in [4.69, 9.17) is 18.9 Å². The molecule has 0 spiro atoms. The molecular weight excluding hydrogens is 548 g/mol. The maximum Gasteiger partial charge on any atom is 1.00 e. The standard InChI is InChI=1S/C18H30O11S.CH4.Na.Y/c1-14(19)7-8-16(20)27-10-5-6-11-28-17(21)13-15(30(23,24)25)18(22)29-12-4-3-9-26-2;;;/h15H,3-13H2,1-2H3,(H,23,24,25);1H4;;/q;;+1;. The normalized spacial score (nSPS) is 11.0. The van der Waals surface area contributed by atoms with Crippen LogP contribution in [0.3, 0.4) is 0 Å². The third-order valence-electron chi connectivity index (χ3n) is 3.71. The minimum atomic E-state index is -4.85. The first-order valence-corrected chi connectivity index (χ1v) is 11.0. The average molecular weight is 582 g/mol. The second kappa shape index (κ2) is 23.8. The fraction of sp³-hybridized carbons (Fsp3) is 0.789. The Morgan fingerprint density at radius 2 is 1.27 bits per heavy atom. The molecule has 1 radical (unpaired) electrons. The van der Waals surface area contributed by atoms with E-state index in [1.54, 1.807) is 0 Å². The van der Waals surface area contributed by atoms with Crippen molar-refractivity contribution in [2.75, 3.05) is 33.5 Å². The van der Waals surface area contributed by atoms with Crippen LogP contribution in [-0.2, 0) is 81.0 Å². The van der Waals surface area contributed by atoms with Gasteiger partial charge in [-0.3, -0.25) is 18.9 Å². The molecule has 0 aromatic rings. The molecule has 0 bridgehead atoms. The molecule has 0 aromatic heterocycles. The summed E-state index contributed by atoms with van der Waals surface area (Å²) in [6.45, 7) is 1.74. The van der Waals surface area contributed by atoms with E-state index in [-0.39, 0.29) is 108 Å². The molecule has 0 fully saturated rings. The van der Waals surface area contributed by atoms with Crippen molar-refractivity contribution in [1.29, 1.82) is 0 Å². The van der Waals surface area contributed by atoms with Crippen molar-refractivity contribution < 1.29 is 113 Å². The van der Waals surface area contributed by atoms with Gasteiger partial charge in [-0.25, -0.2) is 0 Å². The first-order chi connectivity index (χ1) is 14.1. The van der Waals surface area contributed by atoms with Crippen LogP contribution in [0.2, 0.25) is 0 Å². The molecule has 0 heterocycles. The van der Waals surface area contributed by atoms with Crippen molar-refractivity contribution in [2.24, 2.45) is 0 Å². The minimum Gasteiger partial charge on any atom is -0.466 e. The molecule has 1 N–H and O–H groups in total. The molecule has 11 nitrogen and oxygen atoms in total. The maximum atomic E-state index is 11.9. The topological polar surface area (TPSA) is 160 Å². The summed E-state index contributed by atoms with van der Waals surface area (Å²) in [4.78, 5) is 45.7. The zero-order valence-corrected chi connectivity index (χ0v) is 24.5. The molecule has 1 atom stereocenters. The number of esters is 3. The maximum absolute atomic E-state index is 11.9. The molecule has 0 aliphatic heterocycles. The van der Waals surface area contributed by atoms with Crippen molar-refractivity contribution in [3.63, 3.8) is 0 Å². The van der Waals surface area contributed by atoms with Gasteiger partial charge in [-0.1, -0.05) is 7.43 Å². The van der Waals surface area contributed by atoms with Crippen LogP contribution in [0.15, 0.2) is 0 Å². The number of unbranched alkanes of at least 4 members (excludes halogenated alkanes) is 2. The summed E-state index contributed by atoms with van der Waals surface area (Å²) in [5, 5.41) is -2.06. The summed E-state index contributed by atoms with van der Waals surface area (Å²) >= 11 is 0. The van der Waals surface area contributed by atoms with Gasteiger partial charge in [0.25, 0.3) is 10.1 Å². The van der Waals surface area contributed by atoms with Gasteiger partial charge in [0.1, 0.15) is 5.78 Å².